The molecule has 0 aliphatic carbocycles. The van der Waals surface area contributed by atoms with Crippen LogP contribution in [0.3, 0.4) is 0 Å². The molecule has 0 aromatic heterocycles. The van der Waals surface area contributed by atoms with Crippen LogP contribution in [0.5, 0.6) is 0 Å². The Hall–Kier alpha value is -3.00. The van der Waals surface area contributed by atoms with Crippen molar-refractivity contribution in [3.8, 4) is 0 Å². The highest BCUT2D eigenvalue weighted by atomic mass is 16.6. The Balaban J connectivity index is 1.85. The first-order chi connectivity index (χ1) is 13.0. The van der Waals surface area contributed by atoms with Crippen molar-refractivity contribution in [1.82, 2.24) is 5.01 Å². The van der Waals surface area contributed by atoms with Gasteiger partial charge in [-0.15, -0.1) is 0 Å². The second kappa shape index (κ2) is 7.71. The smallest absolute Gasteiger partial charge is 0.269 e. The number of azo groups is 1. The van der Waals surface area contributed by atoms with Crippen LogP contribution in [0.2, 0.25) is 0 Å². The van der Waals surface area contributed by atoms with E-state index in [1.807, 2.05) is 48.4 Å². The quantitative estimate of drug-likeness (QED) is 0.425. The summed E-state index contributed by atoms with van der Waals surface area (Å²) in [5.41, 5.74) is 3.63. The van der Waals surface area contributed by atoms with Crippen molar-refractivity contribution in [2.45, 2.75) is 20.0 Å². The third kappa shape index (κ3) is 3.61. The van der Waals surface area contributed by atoms with E-state index in [4.69, 9.17) is 0 Å². The summed E-state index contributed by atoms with van der Waals surface area (Å²) in [4.78, 5) is 13.0. The van der Waals surface area contributed by atoms with Gasteiger partial charge < -0.3 is 9.91 Å². The Morgan fingerprint density at radius 3 is 2.37 bits per heavy atom. The molecular weight excluding hydrogens is 344 g/mol. The Morgan fingerprint density at radius 2 is 1.78 bits per heavy atom. The van der Waals surface area contributed by atoms with Crippen molar-refractivity contribution < 1.29 is 4.92 Å². The maximum Gasteiger partial charge on any atom is 0.269 e. The lowest BCUT2D eigenvalue weighted by molar-refractivity contribution is -0.384. The number of rotatable bonds is 6. The molecule has 1 aliphatic rings. The number of anilines is 2. The lowest BCUT2D eigenvalue weighted by Gasteiger charge is -2.23. The molecule has 1 heterocycles. The molecule has 8 nitrogen and oxygen atoms in total. The van der Waals surface area contributed by atoms with Gasteiger partial charge >= 0.3 is 0 Å². The largest absolute Gasteiger partial charge is 0.372 e. The molecule has 0 amide bonds. The Bertz CT molecular complexity index is 848. The van der Waals surface area contributed by atoms with E-state index in [1.54, 1.807) is 12.1 Å². The van der Waals surface area contributed by atoms with E-state index in [1.165, 1.54) is 6.07 Å². The van der Waals surface area contributed by atoms with Gasteiger partial charge in [0.05, 0.1) is 16.3 Å². The van der Waals surface area contributed by atoms with Gasteiger partial charge in [0, 0.05) is 50.6 Å². The first kappa shape index (κ1) is 18.8. The molecule has 0 saturated heterocycles. The van der Waals surface area contributed by atoms with Gasteiger partial charge in [0.15, 0.2) is 6.17 Å². The molecule has 0 saturated carbocycles. The predicted molar refractivity (Wildman–Crippen MR) is 107 cm³/mol. The molecule has 0 N–H and O–H groups in total. The van der Waals surface area contributed by atoms with E-state index >= 15 is 0 Å². The Kier molecular flexibility index (Phi) is 5.36. The maximum absolute atomic E-state index is 11.1. The number of hydrazine groups is 1. The van der Waals surface area contributed by atoms with Crippen LogP contribution in [0.4, 0.5) is 22.7 Å². The van der Waals surface area contributed by atoms with E-state index < -0.39 is 11.1 Å². The number of nitro groups is 1. The molecule has 2 aromatic carbocycles. The molecule has 142 valence electrons. The third-order valence-electron chi connectivity index (χ3n) is 4.94. The number of hydrogen-bond acceptors (Lipinski definition) is 7. The molecule has 1 aliphatic heterocycles. The highest BCUT2D eigenvalue weighted by Gasteiger charge is 2.33. The fraction of sp³-hybridized carbons (Fsp3) is 0.368. The van der Waals surface area contributed by atoms with E-state index in [0.717, 1.165) is 35.7 Å². The average Bonchev–Trinajstić information content (AvgIpc) is 2.92. The molecule has 1 atom stereocenters. The summed E-state index contributed by atoms with van der Waals surface area (Å²) < 4.78 is 0. The first-order valence-corrected chi connectivity index (χ1v) is 8.97. The number of nitrogens with zero attached hydrogens (tertiary/aromatic N) is 6. The predicted octanol–water partition coefficient (Wildman–Crippen LogP) is 4.52. The second-order valence-corrected chi connectivity index (χ2v) is 6.38. The van der Waals surface area contributed by atoms with Crippen LogP contribution < -0.4 is 9.91 Å². The third-order valence-corrected chi connectivity index (χ3v) is 4.94. The zero-order valence-corrected chi connectivity index (χ0v) is 16.0. The molecule has 27 heavy (non-hydrogen) atoms. The fourth-order valence-corrected chi connectivity index (χ4v) is 3.27. The van der Waals surface area contributed by atoms with Gasteiger partial charge in [0.25, 0.3) is 5.69 Å². The highest BCUT2D eigenvalue weighted by molar-refractivity contribution is 5.61. The fourth-order valence-electron chi connectivity index (χ4n) is 3.27. The summed E-state index contributed by atoms with van der Waals surface area (Å²) in [7, 11) is 3.79. The zero-order valence-electron chi connectivity index (χ0n) is 16.0. The molecule has 2 aromatic rings. The standard InChI is InChI=1S/C19H24N6O2/c1-5-24(6-2)15-9-7-14(8-10-15)20-21-19-17-13-16(25(26)27)11-12-18(17)22(3)23(19)4/h7-13,19H,5-6H2,1-4H3/t19-/m1/s1. The van der Waals surface area contributed by atoms with E-state index in [0.29, 0.717) is 0 Å². The van der Waals surface area contributed by atoms with Crippen molar-refractivity contribution in [2.24, 2.45) is 10.2 Å². The van der Waals surface area contributed by atoms with Gasteiger partial charge in [-0.3, -0.25) is 10.1 Å². The van der Waals surface area contributed by atoms with E-state index in [-0.39, 0.29) is 5.69 Å². The molecule has 0 fully saturated rings. The zero-order chi connectivity index (χ0) is 19.6. The summed E-state index contributed by atoms with van der Waals surface area (Å²) in [6.07, 6.45) is -0.396. The van der Waals surface area contributed by atoms with Crippen molar-refractivity contribution in [2.75, 3.05) is 37.1 Å². The minimum absolute atomic E-state index is 0.0567. The van der Waals surface area contributed by atoms with Crippen LogP contribution in [0.1, 0.15) is 25.6 Å². The Morgan fingerprint density at radius 1 is 1.11 bits per heavy atom. The number of hydrogen-bond donors (Lipinski definition) is 0. The Labute approximate surface area is 158 Å². The molecule has 0 spiro atoms. The van der Waals surface area contributed by atoms with Crippen LogP contribution in [-0.2, 0) is 0 Å². The normalized spacial score (nSPS) is 16.7. The lowest BCUT2D eigenvalue weighted by atomic mass is 10.1. The van der Waals surface area contributed by atoms with Gasteiger partial charge in [0.2, 0.25) is 0 Å². The van der Waals surface area contributed by atoms with Gasteiger partial charge in [-0.05, 0) is 44.2 Å². The molecule has 0 radical (unpaired) electrons. The first-order valence-electron chi connectivity index (χ1n) is 8.97. The molecule has 0 bridgehead atoms. The topological polar surface area (TPSA) is 77.6 Å². The SMILES string of the molecule is CCN(CC)c1ccc(N=N[C@H]2c3cc([N+](=O)[O-])ccc3N(C)N2C)cc1. The molecule has 3 rings (SSSR count). The molecular formula is C19H24N6O2. The van der Waals surface area contributed by atoms with Crippen molar-refractivity contribution in [3.63, 3.8) is 0 Å². The van der Waals surface area contributed by atoms with Crippen LogP contribution >= 0.6 is 0 Å². The summed E-state index contributed by atoms with van der Waals surface area (Å²) in [6, 6.07) is 12.8. The summed E-state index contributed by atoms with van der Waals surface area (Å²) in [5, 5.41) is 23.8. The number of nitro benzene ring substituents is 1. The van der Waals surface area contributed by atoms with E-state index in [2.05, 4.69) is 29.0 Å². The maximum atomic E-state index is 11.1. The van der Waals surface area contributed by atoms with Gasteiger partial charge in [-0.25, -0.2) is 0 Å². The minimum atomic E-state index is -0.396. The monoisotopic (exact) mass is 368 g/mol. The van der Waals surface area contributed by atoms with Crippen LogP contribution in [0.15, 0.2) is 52.7 Å². The van der Waals surface area contributed by atoms with Crippen molar-refractivity contribution in [1.29, 1.82) is 0 Å². The van der Waals surface area contributed by atoms with Crippen molar-refractivity contribution in [3.05, 3.63) is 58.1 Å². The summed E-state index contributed by atoms with van der Waals surface area (Å²) >= 11 is 0. The highest BCUT2D eigenvalue weighted by Crippen LogP contribution is 2.41. The number of fused-ring (bicyclic) bond motifs is 1. The van der Waals surface area contributed by atoms with E-state index in [9.17, 15) is 10.1 Å². The average molecular weight is 368 g/mol. The minimum Gasteiger partial charge on any atom is -0.372 e. The number of non-ortho nitro benzene ring substituents is 1. The second-order valence-electron chi connectivity index (χ2n) is 6.38. The van der Waals surface area contributed by atoms with Gasteiger partial charge in [-0.2, -0.15) is 15.2 Å². The lowest BCUT2D eigenvalue weighted by Crippen LogP contribution is -2.32. The summed E-state index contributed by atoms with van der Waals surface area (Å²) in [5.74, 6) is 0. The van der Waals surface area contributed by atoms with Crippen molar-refractivity contribution >= 4 is 22.7 Å². The summed E-state index contributed by atoms with van der Waals surface area (Å²) in [6.45, 7) is 6.15. The molecule has 8 heteroatoms. The van der Waals surface area contributed by atoms with Crippen LogP contribution in [0, 0.1) is 10.1 Å². The van der Waals surface area contributed by atoms with Gasteiger partial charge in [-0.1, -0.05) is 0 Å². The van der Waals surface area contributed by atoms with Crippen LogP contribution in [-0.4, -0.2) is 37.1 Å². The van der Waals surface area contributed by atoms with Gasteiger partial charge in [0.1, 0.15) is 0 Å². The molecule has 0 unspecified atom stereocenters. The number of benzene rings is 2. The van der Waals surface area contributed by atoms with Crippen LogP contribution in [0.25, 0.3) is 0 Å².